The Bertz CT molecular complexity index is 599. The Labute approximate surface area is 119 Å². The summed E-state index contributed by atoms with van der Waals surface area (Å²) in [6.45, 7) is 0. The first kappa shape index (κ1) is 14.8. The zero-order chi connectivity index (χ0) is 14.8. The Kier molecular flexibility index (Phi) is 4.30. The van der Waals surface area contributed by atoms with E-state index in [-0.39, 0.29) is 0 Å². The highest BCUT2D eigenvalue weighted by Crippen LogP contribution is 2.32. The molecule has 1 aromatic heterocycles. The number of pyridine rings is 1. The fourth-order valence-electron chi connectivity index (χ4n) is 1.97. The minimum atomic E-state index is -4.37. The van der Waals surface area contributed by atoms with Crippen LogP contribution in [0.3, 0.4) is 0 Å². The maximum absolute atomic E-state index is 12.8. The van der Waals surface area contributed by atoms with Crippen LogP contribution in [-0.2, 0) is 6.18 Å². The van der Waals surface area contributed by atoms with Gasteiger partial charge in [-0.25, -0.2) is 0 Å². The average molecular weight is 301 g/mol. The summed E-state index contributed by atoms with van der Waals surface area (Å²) in [6.07, 6.45) is -2.82. The Morgan fingerprint density at radius 2 is 1.95 bits per heavy atom. The number of alkyl halides is 3. The lowest BCUT2D eigenvalue weighted by Gasteiger charge is -2.18. The van der Waals surface area contributed by atoms with E-state index in [0.29, 0.717) is 16.3 Å². The fraction of sp³-hybridized carbons (Fsp3) is 0.214. The molecule has 0 fully saturated rings. The van der Waals surface area contributed by atoms with Crippen molar-refractivity contribution in [2.24, 2.45) is 0 Å². The van der Waals surface area contributed by atoms with Crippen LogP contribution >= 0.6 is 11.6 Å². The standard InChI is InChI=1S/C14H12ClF3N2/c1-19-12(13-11(15)6-3-7-20-13)9-4-2-5-10(8-9)14(16,17)18/h2-8,12,19H,1H3. The molecule has 1 heterocycles. The van der Waals surface area contributed by atoms with E-state index in [0.717, 1.165) is 12.1 Å². The van der Waals surface area contributed by atoms with Gasteiger partial charge in [0.25, 0.3) is 0 Å². The van der Waals surface area contributed by atoms with E-state index in [1.807, 2.05) is 0 Å². The van der Waals surface area contributed by atoms with Gasteiger partial charge in [-0.2, -0.15) is 13.2 Å². The topological polar surface area (TPSA) is 24.9 Å². The van der Waals surface area contributed by atoms with Crippen LogP contribution in [0.2, 0.25) is 5.02 Å². The number of hydrogen-bond donors (Lipinski definition) is 1. The predicted molar refractivity (Wildman–Crippen MR) is 71.6 cm³/mol. The van der Waals surface area contributed by atoms with Crippen LogP contribution in [0.5, 0.6) is 0 Å². The van der Waals surface area contributed by atoms with Crippen LogP contribution < -0.4 is 5.32 Å². The summed E-state index contributed by atoms with van der Waals surface area (Å²) in [7, 11) is 1.65. The lowest BCUT2D eigenvalue weighted by atomic mass is 10.0. The average Bonchev–Trinajstić information content (AvgIpc) is 2.41. The largest absolute Gasteiger partial charge is 0.416 e. The molecule has 0 radical (unpaired) electrons. The number of halogens is 4. The summed E-state index contributed by atoms with van der Waals surface area (Å²) in [5.74, 6) is 0. The molecule has 0 spiro atoms. The van der Waals surface area contributed by atoms with Crippen LogP contribution in [0.1, 0.15) is 22.9 Å². The van der Waals surface area contributed by atoms with Crippen molar-refractivity contribution >= 4 is 11.6 Å². The van der Waals surface area contributed by atoms with Crippen LogP contribution in [0.4, 0.5) is 13.2 Å². The number of hydrogen-bond acceptors (Lipinski definition) is 2. The monoisotopic (exact) mass is 300 g/mol. The fourth-order valence-corrected chi connectivity index (χ4v) is 2.20. The van der Waals surface area contributed by atoms with Gasteiger partial charge in [-0.05, 0) is 36.9 Å². The normalized spacial score (nSPS) is 13.2. The van der Waals surface area contributed by atoms with Crippen LogP contribution in [0.25, 0.3) is 0 Å². The molecular formula is C14H12ClF3N2. The molecule has 1 unspecified atom stereocenters. The van der Waals surface area contributed by atoms with Crippen molar-refractivity contribution in [1.29, 1.82) is 0 Å². The van der Waals surface area contributed by atoms with Gasteiger partial charge in [0.2, 0.25) is 0 Å². The highest BCUT2D eigenvalue weighted by molar-refractivity contribution is 6.31. The first-order valence-corrected chi connectivity index (χ1v) is 6.26. The van der Waals surface area contributed by atoms with Gasteiger partial charge in [0.15, 0.2) is 0 Å². The molecule has 20 heavy (non-hydrogen) atoms. The predicted octanol–water partition coefficient (Wildman–Crippen LogP) is 4.06. The van der Waals surface area contributed by atoms with Gasteiger partial charge in [0.05, 0.1) is 22.3 Å². The van der Waals surface area contributed by atoms with E-state index in [9.17, 15) is 13.2 Å². The number of nitrogens with zero attached hydrogens (tertiary/aromatic N) is 1. The van der Waals surface area contributed by atoms with E-state index in [1.165, 1.54) is 6.07 Å². The summed E-state index contributed by atoms with van der Waals surface area (Å²) in [6, 6.07) is 7.96. The van der Waals surface area contributed by atoms with Crippen molar-refractivity contribution in [3.63, 3.8) is 0 Å². The van der Waals surface area contributed by atoms with Gasteiger partial charge in [-0.3, -0.25) is 4.98 Å². The van der Waals surface area contributed by atoms with Gasteiger partial charge < -0.3 is 5.32 Å². The molecule has 0 aliphatic heterocycles. The lowest BCUT2D eigenvalue weighted by Crippen LogP contribution is -2.20. The van der Waals surface area contributed by atoms with E-state index in [4.69, 9.17) is 11.6 Å². The van der Waals surface area contributed by atoms with Crippen LogP contribution in [-0.4, -0.2) is 12.0 Å². The molecule has 1 N–H and O–H groups in total. The zero-order valence-corrected chi connectivity index (χ0v) is 11.3. The molecule has 2 aromatic rings. The van der Waals surface area contributed by atoms with E-state index in [1.54, 1.807) is 31.4 Å². The molecule has 2 nitrogen and oxygen atoms in total. The lowest BCUT2D eigenvalue weighted by molar-refractivity contribution is -0.137. The highest BCUT2D eigenvalue weighted by atomic mass is 35.5. The molecular weight excluding hydrogens is 289 g/mol. The molecule has 1 atom stereocenters. The third-order valence-electron chi connectivity index (χ3n) is 2.90. The van der Waals surface area contributed by atoms with E-state index in [2.05, 4.69) is 10.3 Å². The van der Waals surface area contributed by atoms with Crippen LogP contribution in [0, 0.1) is 0 Å². The Morgan fingerprint density at radius 3 is 2.55 bits per heavy atom. The number of benzene rings is 1. The van der Waals surface area contributed by atoms with Gasteiger partial charge in [-0.15, -0.1) is 0 Å². The van der Waals surface area contributed by atoms with E-state index < -0.39 is 17.8 Å². The first-order valence-electron chi connectivity index (χ1n) is 5.88. The number of rotatable bonds is 3. The van der Waals surface area contributed by atoms with Gasteiger partial charge in [-0.1, -0.05) is 23.7 Å². The number of nitrogens with one attached hydrogen (secondary N) is 1. The molecule has 106 valence electrons. The first-order chi connectivity index (χ1) is 9.43. The summed E-state index contributed by atoms with van der Waals surface area (Å²) >= 11 is 6.05. The van der Waals surface area contributed by atoms with Crippen molar-refractivity contribution in [2.75, 3.05) is 7.05 Å². The molecule has 0 saturated carbocycles. The Hall–Kier alpha value is -1.59. The summed E-state index contributed by atoms with van der Waals surface area (Å²) in [5, 5.41) is 3.35. The smallest absolute Gasteiger partial charge is 0.308 e. The summed E-state index contributed by atoms with van der Waals surface area (Å²) < 4.78 is 38.3. The number of aromatic nitrogens is 1. The molecule has 0 bridgehead atoms. The molecule has 6 heteroatoms. The summed E-state index contributed by atoms with van der Waals surface area (Å²) in [5.41, 5.74) is 0.265. The zero-order valence-electron chi connectivity index (χ0n) is 10.6. The second kappa shape index (κ2) is 5.81. The van der Waals surface area contributed by atoms with Crippen LogP contribution in [0.15, 0.2) is 42.6 Å². The minimum absolute atomic E-state index is 0.407. The summed E-state index contributed by atoms with van der Waals surface area (Å²) in [4.78, 5) is 4.14. The van der Waals surface area contributed by atoms with E-state index >= 15 is 0 Å². The maximum atomic E-state index is 12.8. The highest BCUT2D eigenvalue weighted by Gasteiger charge is 2.31. The molecule has 0 amide bonds. The van der Waals surface area contributed by atoms with Crippen molar-refractivity contribution < 1.29 is 13.2 Å². The Balaban J connectivity index is 2.46. The molecule has 0 aliphatic rings. The molecule has 1 aromatic carbocycles. The Morgan fingerprint density at radius 1 is 1.20 bits per heavy atom. The molecule has 0 aliphatic carbocycles. The third kappa shape index (κ3) is 3.11. The SMILES string of the molecule is CNC(c1cccc(C(F)(F)F)c1)c1ncccc1Cl. The molecule has 2 rings (SSSR count). The van der Waals surface area contributed by atoms with Crippen molar-refractivity contribution in [3.05, 3.63) is 64.4 Å². The minimum Gasteiger partial charge on any atom is -0.308 e. The third-order valence-corrected chi connectivity index (χ3v) is 3.22. The van der Waals surface area contributed by atoms with Crippen molar-refractivity contribution in [2.45, 2.75) is 12.2 Å². The second-order valence-electron chi connectivity index (χ2n) is 4.22. The van der Waals surface area contributed by atoms with Gasteiger partial charge in [0, 0.05) is 6.20 Å². The van der Waals surface area contributed by atoms with Gasteiger partial charge in [0.1, 0.15) is 0 Å². The van der Waals surface area contributed by atoms with Gasteiger partial charge >= 0.3 is 6.18 Å². The van der Waals surface area contributed by atoms with Crippen molar-refractivity contribution in [3.8, 4) is 0 Å². The maximum Gasteiger partial charge on any atom is 0.416 e. The van der Waals surface area contributed by atoms with Crippen molar-refractivity contribution in [1.82, 2.24) is 10.3 Å². The quantitative estimate of drug-likeness (QED) is 0.924. The second-order valence-corrected chi connectivity index (χ2v) is 4.62. The molecule has 0 saturated heterocycles.